The van der Waals surface area contributed by atoms with Gasteiger partial charge in [-0.05, 0) is 43.2 Å². The van der Waals surface area contributed by atoms with Gasteiger partial charge in [0, 0.05) is 23.1 Å². The minimum atomic E-state index is -0.146. The lowest BCUT2D eigenvalue weighted by Gasteiger charge is -2.09. The van der Waals surface area contributed by atoms with Crippen molar-refractivity contribution in [3.8, 4) is 0 Å². The maximum atomic E-state index is 12.5. The lowest BCUT2D eigenvalue weighted by Crippen LogP contribution is -2.23. The van der Waals surface area contributed by atoms with E-state index in [2.05, 4.69) is 26.2 Å². The van der Waals surface area contributed by atoms with Crippen LogP contribution in [0.5, 0.6) is 0 Å². The van der Waals surface area contributed by atoms with Gasteiger partial charge < -0.3 is 5.32 Å². The third-order valence-electron chi connectivity index (χ3n) is 4.09. The van der Waals surface area contributed by atoms with Crippen molar-refractivity contribution >= 4 is 38.4 Å². The summed E-state index contributed by atoms with van der Waals surface area (Å²) in [6.45, 7) is 4.19. The molecule has 1 aromatic heterocycles. The van der Waals surface area contributed by atoms with Crippen LogP contribution in [0.3, 0.4) is 0 Å². The van der Waals surface area contributed by atoms with E-state index >= 15 is 0 Å². The third kappa shape index (κ3) is 3.79. The first kappa shape index (κ1) is 17.4. The molecular formula is C19H18BrN3O2. The first-order chi connectivity index (χ1) is 12.0. The largest absolute Gasteiger partial charge is 0.326 e. The Morgan fingerprint density at radius 1 is 1.20 bits per heavy atom. The summed E-state index contributed by atoms with van der Waals surface area (Å²) in [6, 6.07) is 11.2. The molecule has 6 heteroatoms. The molecule has 25 heavy (non-hydrogen) atoms. The van der Waals surface area contributed by atoms with Crippen LogP contribution in [0, 0.1) is 13.8 Å². The van der Waals surface area contributed by atoms with Crippen LogP contribution in [-0.4, -0.2) is 15.5 Å². The molecule has 0 saturated heterocycles. The average molecular weight is 400 g/mol. The molecule has 0 saturated carbocycles. The molecule has 1 N–H and O–H groups in total. The Morgan fingerprint density at radius 2 is 2.00 bits per heavy atom. The number of carbonyl (C=O) groups is 1. The molecule has 0 bridgehead atoms. The summed E-state index contributed by atoms with van der Waals surface area (Å²) in [5.41, 5.74) is 3.37. The zero-order valence-electron chi connectivity index (χ0n) is 14.0. The van der Waals surface area contributed by atoms with Crippen LogP contribution in [0.2, 0.25) is 0 Å². The predicted octanol–water partition coefficient (Wildman–Crippen LogP) is 3.80. The van der Waals surface area contributed by atoms with Gasteiger partial charge in [-0.25, -0.2) is 4.98 Å². The number of amides is 1. The quantitative estimate of drug-likeness (QED) is 0.725. The van der Waals surface area contributed by atoms with E-state index in [-0.39, 0.29) is 24.4 Å². The number of benzene rings is 2. The minimum absolute atomic E-state index is 0.125. The average Bonchev–Trinajstić information content (AvgIpc) is 2.58. The highest BCUT2D eigenvalue weighted by molar-refractivity contribution is 9.10. The number of hydrogen-bond acceptors (Lipinski definition) is 3. The highest BCUT2D eigenvalue weighted by atomic mass is 79.9. The highest BCUT2D eigenvalue weighted by Gasteiger charge is 2.08. The smallest absolute Gasteiger partial charge is 0.261 e. The van der Waals surface area contributed by atoms with Gasteiger partial charge in [-0.1, -0.05) is 34.1 Å². The zero-order valence-corrected chi connectivity index (χ0v) is 15.6. The Kier molecular flexibility index (Phi) is 4.99. The summed E-state index contributed by atoms with van der Waals surface area (Å²) < 4.78 is 2.42. The Bertz CT molecular complexity index is 1010. The van der Waals surface area contributed by atoms with Gasteiger partial charge in [-0.15, -0.1) is 0 Å². The molecule has 2 aromatic carbocycles. The van der Waals surface area contributed by atoms with Gasteiger partial charge in [-0.2, -0.15) is 0 Å². The molecule has 5 nitrogen and oxygen atoms in total. The summed E-state index contributed by atoms with van der Waals surface area (Å²) >= 11 is 3.44. The van der Waals surface area contributed by atoms with E-state index < -0.39 is 0 Å². The van der Waals surface area contributed by atoms with Crippen LogP contribution in [0.15, 0.2) is 52.0 Å². The van der Waals surface area contributed by atoms with E-state index in [1.165, 1.54) is 10.9 Å². The number of nitrogens with one attached hydrogen (secondary N) is 1. The first-order valence-electron chi connectivity index (χ1n) is 7.96. The molecule has 1 heterocycles. The number of rotatable bonds is 4. The van der Waals surface area contributed by atoms with Gasteiger partial charge in [0.05, 0.1) is 17.2 Å². The standard InChI is InChI=1S/C19H18BrN3O2/c1-12-6-7-14(10-16(12)20)22-17(24)8-9-23-11-21-18-13(2)4-3-5-15(18)19(23)25/h3-7,10-11H,8-9H2,1-2H3,(H,22,24). The molecule has 3 rings (SSSR count). The van der Waals surface area contributed by atoms with Crippen molar-refractivity contribution in [2.75, 3.05) is 5.32 Å². The molecule has 0 radical (unpaired) electrons. The highest BCUT2D eigenvalue weighted by Crippen LogP contribution is 2.20. The third-order valence-corrected chi connectivity index (χ3v) is 4.94. The molecular weight excluding hydrogens is 382 g/mol. The molecule has 0 aliphatic carbocycles. The van der Waals surface area contributed by atoms with Crippen molar-refractivity contribution < 1.29 is 4.79 Å². The Balaban J connectivity index is 1.72. The van der Waals surface area contributed by atoms with Gasteiger partial charge in [-0.3, -0.25) is 14.2 Å². The van der Waals surface area contributed by atoms with Crippen LogP contribution in [0.1, 0.15) is 17.5 Å². The fraction of sp³-hybridized carbons (Fsp3) is 0.211. The molecule has 3 aromatic rings. The number of aromatic nitrogens is 2. The summed E-state index contributed by atoms with van der Waals surface area (Å²) in [7, 11) is 0. The van der Waals surface area contributed by atoms with E-state index in [0.29, 0.717) is 10.9 Å². The van der Waals surface area contributed by atoms with Crippen molar-refractivity contribution in [1.82, 2.24) is 9.55 Å². The number of aryl methyl sites for hydroxylation is 3. The maximum Gasteiger partial charge on any atom is 0.261 e. The second kappa shape index (κ2) is 7.19. The van der Waals surface area contributed by atoms with Crippen molar-refractivity contribution in [3.05, 3.63) is 68.7 Å². The van der Waals surface area contributed by atoms with Crippen LogP contribution >= 0.6 is 15.9 Å². The Hall–Kier alpha value is -2.47. The van der Waals surface area contributed by atoms with E-state index in [0.717, 1.165) is 21.3 Å². The molecule has 0 aliphatic rings. The molecule has 0 spiro atoms. The number of nitrogens with zero attached hydrogens (tertiary/aromatic N) is 2. The number of carbonyl (C=O) groups excluding carboxylic acids is 1. The SMILES string of the molecule is Cc1ccc(NC(=O)CCn2cnc3c(C)cccc3c2=O)cc1Br. The van der Waals surface area contributed by atoms with Crippen molar-refractivity contribution in [2.45, 2.75) is 26.8 Å². The summed E-state index contributed by atoms with van der Waals surface area (Å²) in [6.07, 6.45) is 1.71. The van der Waals surface area contributed by atoms with Gasteiger partial charge in [0.15, 0.2) is 0 Å². The Morgan fingerprint density at radius 3 is 2.76 bits per heavy atom. The van der Waals surface area contributed by atoms with E-state index in [1.54, 1.807) is 6.07 Å². The molecule has 0 fully saturated rings. The summed E-state index contributed by atoms with van der Waals surface area (Å²) in [5, 5.41) is 3.42. The number of fused-ring (bicyclic) bond motifs is 1. The second-order valence-corrected chi connectivity index (χ2v) is 6.83. The van der Waals surface area contributed by atoms with Crippen LogP contribution in [-0.2, 0) is 11.3 Å². The van der Waals surface area contributed by atoms with Crippen LogP contribution in [0.4, 0.5) is 5.69 Å². The predicted molar refractivity (Wildman–Crippen MR) is 103 cm³/mol. The summed E-state index contributed by atoms with van der Waals surface area (Å²) in [5.74, 6) is -0.146. The van der Waals surface area contributed by atoms with Crippen molar-refractivity contribution in [1.29, 1.82) is 0 Å². The molecule has 1 amide bonds. The molecule has 0 aliphatic heterocycles. The number of para-hydroxylation sites is 1. The topological polar surface area (TPSA) is 64.0 Å². The van der Waals surface area contributed by atoms with E-state index in [4.69, 9.17) is 0 Å². The number of hydrogen-bond donors (Lipinski definition) is 1. The van der Waals surface area contributed by atoms with Crippen molar-refractivity contribution in [3.63, 3.8) is 0 Å². The van der Waals surface area contributed by atoms with Crippen LogP contribution in [0.25, 0.3) is 10.9 Å². The fourth-order valence-corrected chi connectivity index (χ4v) is 2.99. The number of halogens is 1. The molecule has 0 atom stereocenters. The van der Waals surface area contributed by atoms with Gasteiger partial charge in [0.2, 0.25) is 5.91 Å². The monoisotopic (exact) mass is 399 g/mol. The second-order valence-electron chi connectivity index (χ2n) is 5.98. The lowest BCUT2D eigenvalue weighted by atomic mass is 10.1. The first-order valence-corrected chi connectivity index (χ1v) is 8.76. The van der Waals surface area contributed by atoms with Crippen molar-refractivity contribution in [2.24, 2.45) is 0 Å². The van der Waals surface area contributed by atoms with Crippen LogP contribution < -0.4 is 10.9 Å². The van der Waals surface area contributed by atoms with E-state index in [9.17, 15) is 9.59 Å². The number of anilines is 1. The van der Waals surface area contributed by atoms with Gasteiger partial charge >= 0.3 is 0 Å². The molecule has 0 unspecified atom stereocenters. The fourth-order valence-electron chi connectivity index (χ4n) is 2.61. The zero-order chi connectivity index (χ0) is 18.0. The lowest BCUT2D eigenvalue weighted by molar-refractivity contribution is -0.116. The Labute approximate surface area is 153 Å². The summed E-state index contributed by atoms with van der Waals surface area (Å²) in [4.78, 5) is 29.0. The van der Waals surface area contributed by atoms with E-state index in [1.807, 2.05) is 44.2 Å². The maximum absolute atomic E-state index is 12.5. The normalized spacial score (nSPS) is 10.8. The minimum Gasteiger partial charge on any atom is -0.326 e. The molecule has 128 valence electrons. The van der Waals surface area contributed by atoms with Gasteiger partial charge in [0.1, 0.15) is 0 Å². The van der Waals surface area contributed by atoms with Gasteiger partial charge in [0.25, 0.3) is 5.56 Å².